The highest BCUT2D eigenvalue weighted by molar-refractivity contribution is 7.98. The number of benzene rings is 2. The summed E-state index contributed by atoms with van der Waals surface area (Å²) < 4.78 is 20.7. The summed E-state index contributed by atoms with van der Waals surface area (Å²) in [5.41, 5.74) is 1.56. The molecule has 31 heavy (non-hydrogen) atoms. The van der Waals surface area contributed by atoms with Crippen LogP contribution >= 0.6 is 23.4 Å². The van der Waals surface area contributed by atoms with Crippen molar-refractivity contribution in [1.82, 2.24) is 24.9 Å². The molecule has 1 aliphatic rings. The molecule has 0 spiro atoms. The van der Waals surface area contributed by atoms with E-state index >= 15 is 0 Å². The van der Waals surface area contributed by atoms with Gasteiger partial charge in [-0.25, -0.2) is 4.39 Å². The Labute approximate surface area is 187 Å². The zero-order valence-electron chi connectivity index (χ0n) is 16.5. The molecule has 2 heterocycles. The van der Waals surface area contributed by atoms with Crippen molar-refractivity contribution in [3.05, 3.63) is 65.2 Å². The minimum Gasteiger partial charge on any atom is -0.334 e. The Morgan fingerprint density at radius 3 is 2.61 bits per heavy atom. The summed E-state index contributed by atoms with van der Waals surface area (Å²) in [5.74, 6) is 1.88. The third kappa shape index (κ3) is 4.22. The third-order valence-corrected chi connectivity index (χ3v) is 6.63. The van der Waals surface area contributed by atoms with Crippen molar-refractivity contribution in [2.75, 3.05) is 0 Å². The molecule has 2 aromatic carbocycles. The van der Waals surface area contributed by atoms with Gasteiger partial charge >= 0.3 is 0 Å². The molecule has 2 aromatic heterocycles. The van der Waals surface area contributed by atoms with Gasteiger partial charge in [0, 0.05) is 17.2 Å². The van der Waals surface area contributed by atoms with E-state index < -0.39 is 0 Å². The molecule has 0 atom stereocenters. The van der Waals surface area contributed by atoms with Crippen LogP contribution in [0.15, 0.2) is 58.2 Å². The lowest BCUT2D eigenvalue weighted by molar-refractivity contribution is 0.425. The molecular weight excluding hydrogens is 437 g/mol. The Morgan fingerprint density at radius 2 is 1.84 bits per heavy atom. The van der Waals surface area contributed by atoms with Gasteiger partial charge in [0.2, 0.25) is 0 Å². The summed E-state index contributed by atoms with van der Waals surface area (Å²) in [6.45, 7) is 0. The monoisotopic (exact) mass is 455 g/mol. The van der Waals surface area contributed by atoms with Crippen LogP contribution in [0.2, 0.25) is 5.02 Å². The minimum atomic E-state index is -0.306. The van der Waals surface area contributed by atoms with Crippen molar-refractivity contribution in [1.29, 1.82) is 0 Å². The van der Waals surface area contributed by atoms with Gasteiger partial charge in [0.15, 0.2) is 16.8 Å². The first-order valence-electron chi connectivity index (χ1n) is 10.1. The molecular formula is C22H19ClFN5OS. The van der Waals surface area contributed by atoms with E-state index in [1.807, 2.05) is 24.3 Å². The first kappa shape index (κ1) is 20.2. The summed E-state index contributed by atoms with van der Waals surface area (Å²) >= 11 is 7.97. The fourth-order valence-electron chi connectivity index (χ4n) is 3.84. The Bertz CT molecular complexity index is 1190. The average molecular weight is 456 g/mol. The molecule has 0 radical (unpaired) electrons. The second kappa shape index (κ2) is 8.80. The Morgan fingerprint density at radius 1 is 1.06 bits per heavy atom. The van der Waals surface area contributed by atoms with Crippen LogP contribution in [0.3, 0.4) is 0 Å². The van der Waals surface area contributed by atoms with E-state index in [9.17, 15) is 4.39 Å². The molecule has 0 aliphatic heterocycles. The van der Waals surface area contributed by atoms with E-state index in [0.717, 1.165) is 29.4 Å². The maximum Gasteiger partial charge on any atom is 0.257 e. The second-order valence-electron chi connectivity index (χ2n) is 7.41. The predicted octanol–water partition coefficient (Wildman–Crippen LogP) is 6.20. The van der Waals surface area contributed by atoms with Crippen LogP contribution in [0.4, 0.5) is 4.39 Å². The van der Waals surface area contributed by atoms with Gasteiger partial charge in [0.25, 0.3) is 5.89 Å². The van der Waals surface area contributed by atoms with Crippen molar-refractivity contribution >= 4 is 23.4 Å². The van der Waals surface area contributed by atoms with Crippen LogP contribution in [0, 0.1) is 5.82 Å². The summed E-state index contributed by atoms with van der Waals surface area (Å²) in [5, 5.41) is 14.5. The van der Waals surface area contributed by atoms with Gasteiger partial charge in [-0.05, 0) is 49.2 Å². The fraction of sp³-hybridized carbons (Fsp3) is 0.273. The largest absolute Gasteiger partial charge is 0.334 e. The number of rotatable bonds is 6. The molecule has 1 fully saturated rings. The van der Waals surface area contributed by atoms with Crippen LogP contribution in [-0.2, 0) is 5.75 Å². The van der Waals surface area contributed by atoms with Crippen LogP contribution in [0.25, 0.3) is 22.8 Å². The van der Waals surface area contributed by atoms with Crippen molar-refractivity contribution < 1.29 is 8.91 Å². The Kier molecular flexibility index (Phi) is 5.74. The highest BCUT2D eigenvalue weighted by Crippen LogP contribution is 2.38. The first-order chi connectivity index (χ1) is 15.2. The van der Waals surface area contributed by atoms with Gasteiger partial charge in [-0.15, -0.1) is 10.2 Å². The number of hydrogen-bond acceptors (Lipinski definition) is 6. The number of aromatic nitrogens is 5. The highest BCUT2D eigenvalue weighted by atomic mass is 35.5. The lowest BCUT2D eigenvalue weighted by atomic mass is 10.2. The lowest BCUT2D eigenvalue weighted by Crippen LogP contribution is -2.08. The quantitative estimate of drug-likeness (QED) is 0.322. The maximum atomic E-state index is 13.1. The third-order valence-electron chi connectivity index (χ3n) is 5.36. The highest BCUT2D eigenvalue weighted by Gasteiger charge is 2.26. The smallest absolute Gasteiger partial charge is 0.257 e. The molecule has 4 aromatic rings. The van der Waals surface area contributed by atoms with Crippen molar-refractivity contribution in [2.45, 2.75) is 42.6 Å². The zero-order chi connectivity index (χ0) is 21.2. The van der Waals surface area contributed by atoms with Gasteiger partial charge in [0.05, 0.1) is 10.8 Å². The van der Waals surface area contributed by atoms with Crippen LogP contribution in [-0.4, -0.2) is 24.9 Å². The molecule has 1 aliphatic carbocycles. The van der Waals surface area contributed by atoms with E-state index in [0.29, 0.717) is 34.1 Å². The van der Waals surface area contributed by atoms with Gasteiger partial charge in [-0.1, -0.05) is 53.5 Å². The summed E-state index contributed by atoms with van der Waals surface area (Å²) in [6.07, 6.45) is 4.58. The van der Waals surface area contributed by atoms with Crippen LogP contribution < -0.4 is 0 Å². The Balaban J connectivity index is 1.40. The minimum absolute atomic E-state index is 0.306. The van der Waals surface area contributed by atoms with Crippen LogP contribution in [0.1, 0.15) is 37.5 Å². The van der Waals surface area contributed by atoms with Gasteiger partial charge in [0.1, 0.15) is 5.82 Å². The Hall–Kier alpha value is -2.71. The van der Waals surface area contributed by atoms with Crippen molar-refractivity contribution in [2.24, 2.45) is 0 Å². The SMILES string of the molecule is Fc1ccc(-c2nc(CSc3nnc(-c4ccccc4Cl)n3C3CCCC3)no2)cc1. The van der Waals surface area contributed by atoms with Crippen molar-refractivity contribution in [3.8, 4) is 22.8 Å². The number of thioether (sulfide) groups is 1. The number of hydrogen-bond donors (Lipinski definition) is 0. The maximum absolute atomic E-state index is 13.1. The lowest BCUT2D eigenvalue weighted by Gasteiger charge is -2.17. The van der Waals surface area contributed by atoms with Gasteiger partial charge < -0.3 is 4.52 Å². The number of nitrogens with zero attached hydrogens (tertiary/aromatic N) is 5. The molecule has 0 N–H and O–H groups in total. The molecule has 6 nitrogen and oxygen atoms in total. The fourth-order valence-corrected chi connectivity index (χ4v) is 4.91. The van der Waals surface area contributed by atoms with E-state index in [1.165, 1.54) is 36.7 Å². The summed E-state index contributed by atoms with van der Waals surface area (Å²) in [4.78, 5) is 4.43. The first-order valence-corrected chi connectivity index (χ1v) is 11.5. The molecule has 9 heteroatoms. The van der Waals surface area contributed by atoms with Gasteiger partial charge in [-0.3, -0.25) is 4.57 Å². The topological polar surface area (TPSA) is 69.6 Å². The van der Waals surface area contributed by atoms with E-state index in [-0.39, 0.29) is 5.82 Å². The molecule has 158 valence electrons. The summed E-state index contributed by atoms with van der Waals surface area (Å²) in [7, 11) is 0. The summed E-state index contributed by atoms with van der Waals surface area (Å²) in [6, 6.07) is 14.0. The van der Waals surface area contributed by atoms with Crippen LogP contribution in [0.5, 0.6) is 0 Å². The molecule has 0 saturated heterocycles. The second-order valence-corrected chi connectivity index (χ2v) is 8.76. The molecule has 0 amide bonds. The average Bonchev–Trinajstić information content (AvgIpc) is 3.53. The molecule has 0 bridgehead atoms. The zero-order valence-corrected chi connectivity index (χ0v) is 18.1. The van der Waals surface area contributed by atoms with E-state index in [1.54, 1.807) is 12.1 Å². The van der Waals surface area contributed by atoms with Crippen molar-refractivity contribution in [3.63, 3.8) is 0 Å². The molecule has 1 saturated carbocycles. The standard InChI is InChI=1S/C22H19ClFN5OS/c23-18-8-4-3-7-17(18)20-26-27-22(29(20)16-5-1-2-6-16)31-13-19-25-21(30-28-19)14-9-11-15(24)12-10-14/h3-4,7-12,16H,1-2,5-6,13H2. The molecule has 0 unspecified atom stereocenters. The number of halogens is 2. The predicted molar refractivity (Wildman–Crippen MR) is 117 cm³/mol. The normalized spacial score (nSPS) is 14.4. The van der Waals surface area contributed by atoms with E-state index in [4.69, 9.17) is 16.1 Å². The van der Waals surface area contributed by atoms with E-state index in [2.05, 4.69) is 24.9 Å². The molecule has 5 rings (SSSR count). The van der Waals surface area contributed by atoms with Gasteiger partial charge in [-0.2, -0.15) is 4.98 Å².